The number of piperidine rings is 1. The highest BCUT2D eigenvalue weighted by Crippen LogP contribution is 2.26. The molecule has 2 heterocycles. The minimum atomic E-state index is 0.125. The first-order valence-corrected chi connectivity index (χ1v) is 7.13. The Morgan fingerprint density at radius 3 is 2.55 bits per heavy atom. The molecule has 3 rings (SSSR count). The third-order valence-electron chi connectivity index (χ3n) is 4.32. The van der Waals surface area contributed by atoms with E-state index in [1.165, 1.54) is 5.56 Å². The van der Waals surface area contributed by atoms with Crippen molar-refractivity contribution in [2.75, 3.05) is 26.7 Å². The van der Waals surface area contributed by atoms with Gasteiger partial charge in [-0.2, -0.15) is 0 Å². The van der Waals surface area contributed by atoms with Crippen LogP contribution in [0.25, 0.3) is 0 Å². The van der Waals surface area contributed by atoms with Crippen molar-refractivity contribution in [2.45, 2.75) is 24.9 Å². The lowest BCUT2D eigenvalue weighted by atomic mass is 9.88. The molecule has 0 saturated carbocycles. The van der Waals surface area contributed by atoms with Gasteiger partial charge in [-0.05, 0) is 30.5 Å². The lowest BCUT2D eigenvalue weighted by molar-refractivity contribution is 0.153. The number of guanidine groups is 1. The maximum Gasteiger partial charge on any atom is 0.189 e. The summed E-state index contributed by atoms with van der Waals surface area (Å²) in [5, 5.41) is 3.35. The van der Waals surface area contributed by atoms with Gasteiger partial charge >= 0.3 is 0 Å². The number of nitrogens with zero attached hydrogens (tertiary/aromatic N) is 2. The average molecular weight is 274 g/mol. The Hall–Kier alpha value is -1.75. The summed E-state index contributed by atoms with van der Waals surface area (Å²) in [6.45, 7) is 4.00. The van der Waals surface area contributed by atoms with Crippen LogP contribution in [0.3, 0.4) is 0 Å². The molecule has 0 radical (unpaired) electrons. The summed E-state index contributed by atoms with van der Waals surface area (Å²) >= 11 is 0. The third-order valence-corrected chi connectivity index (χ3v) is 4.32. The van der Waals surface area contributed by atoms with Crippen LogP contribution in [0.15, 0.2) is 29.3 Å². The molecule has 2 aliphatic rings. The molecule has 0 bridgehead atoms. The predicted molar refractivity (Wildman–Crippen MR) is 79.9 cm³/mol. The van der Waals surface area contributed by atoms with E-state index in [-0.39, 0.29) is 5.54 Å². The molecular formula is C15H22N4O. The second-order valence-electron chi connectivity index (χ2n) is 5.73. The monoisotopic (exact) mass is 274 g/mol. The van der Waals surface area contributed by atoms with Crippen LogP contribution in [0, 0.1) is 0 Å². The number of likely N-dealkylation sites (tertiary alicyclic amines) is 1. The van der Waals surface area contributed by atoms with E-state index in [9.17, 15) is 0 Å². The molecule has 0 unspecified atom stereocenters. The number of methoxy groups -OCH3 is 1. The van der Waals surface area contributed by atoms with Gasteiger partial charge in [-0.3, -0.25) is 9.89 Å². The van der Waals surface area contributed by atoms with Gasteiger partial charge in [0.1, 0.15) is 5.75 Å². The summed E-state index contributed by atoms with van der Waals surface area (Å²) < 4.78 is 5.19. The SMILES string of the molecule is COc1ccc(CN2CCC3(CC2)CN=C(N)N3)cc1. The van der Waals surface area contributed by atoms with E-state index < -0.39 is 0 Å². The normalized spacial score (nSPS) is 21.6. The molecule has 108 valence electrons. The minimum Gasteiger partial charge on any atom is -0.497 e. The standard InChI is InChI=1S/C15H22N4O/c1-20-13-4-2-12(3-5-13)10-19-8-6-15(7-9-19)11-17-14(16)18-15/h2-5H,6-11H2,1H3,(H3,16,17,18). The molecule has 1 aromatic rings. The van der Waals surface area contributed by atoms with Crippen LogP contribution in [0.5, 0.6) is 5.75 Å². The van der Waals surface area contributed by atoms with Crippen molar-refractivity contribution in [3.8, 4) is 5.75 Å². The largest absolute Gasteiger partial charge is 0.497 e. The van der Waals surface area contributed by atoms with E-state index in [0.717, 1.165) is 44.8 Å². The van der Waals surface area contributed by atoms with Crippen LogP contribution >= 0.6 is 0 Å². The van der Waals surface area contributed by atoms with Crippen molar-refractivity contribution < 1.29 is 4.74 Å². The van der Waals surface area contributed by atoms with E-state index in [1.54, 1.807) is 7.11 Å². The van der Waals surface area contributed by atoms with Crippen LogP contribution in [0.2, 0.25) is 0 Å². The molecule has 2 aliphatic heterocycles. The average Bonchev–Trinajstić information content (AvgIpc) is 2.84. The van der Waals surface area contributed by atoms with Gasteiger partial charge in [0.05, 0.1) is 19.2 Å². The Labute approximate surface area is 119 Å². The van der Waals surface area contributed by atoms with Gasteiger partial charge in [0.15, 0.2) is 5.96 Å². The molecule has 1 aromatic carbocycles. The molecule has 5 nitrogen and oxygen atoms in total. The smallest absolute Gasteiger partial charge is 0.189 e. The van der Waals surface area contributed by atoms with Crippen LogP contribution in [-0.4, -0.2) is 43.1 Å². The lowest BCUT2D eigenvalue weighted by Crippen LogP contribution is -2.54. The summed E-state index contributed by atoms with van der Waals surface area (Å²) in [6, 6.07) is 8.32. The number of aliphatic imine (C=N–C) groups is 1. The number of nitrogens with one attached hydrogen (secondary N) is 1. The first-order valence-electron chi connectivity index (χ1n) is 7.13. The van der Waals surface area contributed by atoms with Gasteiger partial charge < -0.3 is 15.8 Å². The molecule has 1 fully saturated rings. The number of hydrogen-bond donors (Lipinski definition) is 2. The topological polar surface area (TPSA) is 62.9 Å². The molecule has 1 saturated heterocycles. The molecule has 0 aliphatic carbocycles. The van der Waals surface area contributed by atoms with E-state index in [4.69, 9.17) is 10.5 Å². The Kier molecular flexibility index (Phi) is 3.53. The summed E-state index contributed by atoms with van der Waals surface area (Å²) in [5.41, 5.74) is 7.20. The Morgan fingerprint density at radius 2 is 2.00 bits per heavy atom. The van der Waals surface area contributed by atoms with E-state index >= 15 is 0 Å². The molecular weight excluding hydrogens is 252 g/mol. The van der Waals surface area contributed by atoms with Crippen LogP contribution in [0.1, 0.15) is 18.4 Å². The van der Waals surface area contributed by atoms with Crippen molar-refractivity contribution >= 4 is 5.96 Å². The van der Waals surface area contributed by atoms with Crippen LogP contribution in [-0.2, 0) is 6.54 Å². The second-order valence-corrected chi connectivity index (χ2v) is 5.73. The summed E-state index contributed by atoms with van der Waals surface area (Å²) in [4.78, 5) is 6.78. The van der Waals surface area contributed by atoms with Gasteiger partial charge in [0.2, 0.25) is 0 Å². The first-order chi connectivity index (χ1) is 9.69. The zero-order chi connectivity index (χ0) is 14.0. The van der Waals surface area contributed by atoms with Crippen molar-refractivity contribution in [1.29, 1.82) is 0 Å². The fourth-order valence-electron chi connectivity index (χ4n) is 3.00. The highest BCUT2D eigenvalue weighted by Gasteiger charge is 2.37. The zero-order valence-corrected chi connectivity index (χ0v) is 11.9. The predicted octanol–water partition coefficient (Wildman–Crippen LogP) is 0.948. The molecule has 20 heavy (non-hydrogen) atoms. The quantitative estimate of drug-likeness (QED) is 0.861. The summed E-state index contributed by atoms with van der Waals surface area (Å²) in [5.74, 6) is 1.52. The number of nitrogens with two attached hydrogens (primary N) is 1. The van der Waals surface area contributed by atoms with Crippen LogP contribution < -0.4 is 15.8 Å². The number of rotatable bonds is 3. The fraction of sp³-hybridized carbons (Fsp3) is 0.533. The van der Waals surface area contributed by atoms with Gasteiger partial charge in [-0.15, -0.1) is 0 Å². The Bertz CT molecular complexity index is 489. The van der Waals surface area contributed by atoms with Crippen molar-refractivity contribution in [3.63, 3.8) is 0 Å². The summed E-state index contributed by atoms with van der Waals surface area (Å²) in [6.07, 6.45) is 2.21. The van der Waals surface area contributed by atoms with Gasteiger partial charge in [0, 0.05) is 19.6 Å². The van der Waals surface area contributed by atoms with Gasteiger partial charge in [0.25, 0.3) is 0 Å². The minimum absolute atomic E-state index is 0.125. The fourth-order valence-corrected chi connectivity index (χ4v) is 3.00. The Balaban J connectivity index is 1.53. The molecule has 1 spiro atoms. The van der Waals surface area contributed by atoms with Crippen molar-refractivity contribution in [3.05, 3.63) is 29.8 Å². The first kappa shape index (κ1) is 13.2. The van der Waals surface area contributed by atoms with Gasteiger partial charge in [-0.1, -0.05) is 12.1 Å². The molecule has 3 N–H and O–H groups in total. The molecule has 0 amide bonds. The van der Waals surface area contributed by atoms with E-state index in [0.29, 0.717) is 5.96 Å². The lowest BCUT2D eigenvalue weighted by Gasteiger charge is -2.39. The molecule has 5 heteroatoms. The summed E-state index contributed by atoms with van der Waals surface area (Å²) in [7, 11) is 1.70. The number of ether oxygens (including phenoxy) is 1. The van der Waals surface area contributed by atoms with E-state index in [1.807, 2.05) is 12.1 Å². The Morgan fingerprint density at radius 1 is 1.30 bits per heavy atom. The number of benzene rings is 1. The zero-order valence-electron chi connectivity index (χ0n) is 11.9. The molecule has 0 aromatic heterocycles. The highest BCUT2D eigenvalue weighted by molar-refractivity contribution is 5.80. The van der Waals surface area contributed by atoms with Crippen LogP contribution in [0.4, 0.5) is 0 Å². The van der Waals surface area contributed by atoms with Crippen molar-refractivity contribution in [2.24, 2.45) is 10.7 Å². The highest BCUT2D eigenvalue weighted by atomic mass is 16.5. The van der Waals surface area contributed by atoms with Crippen molar-refractivity contribution in [1.82, 2.24) is 10.2 Å². The molecule has 0 atom stereocenters. The second kappa shape index (κ2) is 5.32. The maximum atomic E-state index is 5.74. The maximum absolute atomic E-state index is 5.74. The van der Waals surface area contributed by atoms with E-state index in [2.05, 4.69) is 27.3 Å². The third kappa shape index (κ3) is 2.72. The van der Waals surface area contributed by atoms with Gasteiger partial charge in [-0.25, -0.2) is 0 Å². The number of hydrogen-bond acceptors (Lipinski definition) is 5.